The third kappa shape index (κ3) is 10.1. The van der Waals surface area contributed by atoms with Crippen LogP contribution in [0.5, 0.6) is 0 Å². The molecule has 6 heteroatoms. The van der Waals surface area contributed by atoms with Crippen LogP contribution in [0.1, 0.15) is 6.42 Å². The van der Waals surface area contributed by atoms with Gasteiger partial charge in [-0.3, -0.25) is 0 Å². The average molecular weight is 214 g/mol. The Morgan fingerprint density at radius 3 is 2.33 bits per heavy atom. The van der Waals surface area contributed by atoms with Crippen molar-refractivity contribution in [2.45, 2.75) is 6.42 Å². The van der Waals surface area contributed by atoms with E-state index in [1.54, 1.807) is 0 Å². The topological polar surface area (TPSA) is 95.6 Å². The molecule has 0 aromatic heterocycles. The van der Waals surface area contributed by atoms with Crippen LogP contribution in [0.25, 0.3) is 0 Å². The normalized spacial score (nSPS) is 8.60. The summed E-state index contributed by atoms with van der Waals surface area (Å²) < 4.78 is 0. The largest absolute Gasteiger partial charge is 0.396 e. The molecule has 84 valence electrons. The van der Waals surface area contributed by atoms with Crippen LogP contribution < -0.4 is 5.32 Å². The van der Waals surface area contributed by atoms with Crippen LogP contribution >= 0.6 is 0 Å². The number of hydrogen-bond donors (Lipinski definition) is 3. The maximum absolute atomic E-state index is 8.50. The second-order valence-corrected chi connectivity index (χ2v) is 2.61. The molecule has 0 amide bonds. The Bertz CT molecular complexity index is 262. The maximum Gasteiger partial charge on any atom is 0.291 e. The maximum atomic E-state index is 8.50. The summed E-state index contributed by atoms with van der Waals surface area (Å²) in [5.74, 6) is 0. The average Bonchev–Trinajstić information content (AvgIpc) is 2.19. The zero-order chi connectivity index (χ0) is 11.5. The van der Waals surface area contributed by atoms with Gasteiger partial charge < -0.3 is 15.6 Å². The molecule has 0 fully saturated rings. The molecule has 0 spiro atoms. The summed E-state index contributed by atoms with van der Waals surface area (Å²) in [6, 6.07) is 9.98. The van der Waals surface area contributed by atoms with Gasteiger partial charge in [-0.2, -0.15) is 0 Å². The lowest BCUT2D eigenvalue weighted by molar-refractivity contribution is -0.742. The highest BCUT2D eigenvalue weighted by Gasteiger charge is 1.86. The van der Waals surface area contributed by atoms with Crippen LogP contribution in [0.4, 0.5) is 5.69 Å². The Balaban J connectivity index is 0.000000423. The van der Waals surface area contributed by atoms with Crippen LogP contribution in [0.3, 0.4) is 0 Å². The first-order chi connectivity index (χ1) is 7.16. The van der Waals surface area contributed by atoms with E-state index in [-0.39, 0.29) is 6.61 Å². The Labute approximate surface area is 87.3 Å². The summed E-state index contributed by atoms with van der Waals surface area (Å²) in [5.41, 5.74) is 1.11. The number of nitrogens with one attached hydrogen (secondary N) is 1. The van der Waals surface area contributed by atoms with Crippen LogP contribution in [-0.2, 0) is 0 Å². The van der Waals surface area contributed by atoms with Gasteiger partial charge in [0.1, 0.15) is 0 Å². The second kappa shape index (κ2) is 8.76. The highest BCUT2D eigenvalue weighted by atomic mass is 16.9. The zero-order valence-electron chi connectivity index (χ0n) is 8.17. The highest BCUT2D eigenvalue weighted by molar-refractivity contribution is 5.42. The van der Waals surface area contributed by atoms with Gasteiger partial charge >= 0.3 is 0 Å². The number of nitrogens with zero attached hydrogens (tertiary/aromatic N) is 1. The standard InChI is InChI=1S/C9H13NO.HNO3/c11-8-4-7-10-9-5-2-1-3-6-9;2-1(3)4/h1-3,5-6,10-11H,4,7-8H2;(H,2,3,4). The van der Waals surface area contributed by atoms with Gasteiger partial charge in [0.2, 0.25) is 0 Å². The summed E-state index contributed by atoms with van der Waals surface area (Å²) in [4.78, 5) is 8.36. The lowest BCUT2D eigenvalue weighted by atomic mass is 10.3. The molecule has 6 nitrogen and oxygen atoms in total. The molecule has 0 aliphatic carbocycles. The molecule has 0 heterocycles. The van der Waals surface area contributed by atoms with Crippen molar-refractivity contribution in [2.24, 2.45) is 0 Å². The van der Waals surface area contributed by atoms with Crippen molar-refractivity contribution < 1.29 is 15.4 Å². The number of aliphatic hydroxyl groups excluding tert-OH is 1. The number of para-hydroxylation sites is 1. The smallest absolute Gasteiger partial charge is 0.291 e. The second-order valence-electron chi connectivity index (χ2n) is 2.61. The SMILES string of the molecule is O=[N+]([O-])O.OCCCNc1ccccc1. The van der Waals surface area contributed by atoms with Crippen molar-refractivity contribution in [1.82, 2.24) is 0 Å². The van der Waals surface area contributed by atoms with Crippen LogP contribution in [0, 0.1) is 10.1 Å². The predicted molar refractivity (Wildman–Crippen MR) is 55.4 cm³/mol. The summed E-state index contributed by atoms with van der Waals surface area (Å²) in [6.45, 7) is 1.08. The van der Waals surface area contributed by atoms with E-state index in [2.05, 4.69) is 5.32 Å². The Kier molecular flexibility index (Phi) is 7.70. The fraction of sp³-hybridized carbons (Fsp3) is 0.333. The molecule has 1 aromatic rings. The molecule has 0 radical (unpaired) electrons. The number of hydrogen-bond acceptors (Lipinski definition) is 4. The summed E-state index contributed by atoms with van der Waals surface area (Å²) in [7, 11) is 0. The van der Waals surface area contributed by atoms with Crippen molar-refractivity contribution in [3.05, 3.63) is 40.4 Å². The van der Waals surface area contributed by atoms with E-state index >= 15 is 0 Å². The third-order valence-electron chi connectivity index (χ3n) is 1.44. The molecule has 0 saturated heterocycles. The fourth-order valence-corrected chi connectivity index (χ4v) is 0.868. The van der Waals surface area contributed by atoms with E-state index in [0.29, 0.717) is 0 Å². The Morgan fingerprint density at radius 2 is 1.87 bits per heavy atom. The first-order valence-electron chi connectivity index (χ1n) is 4.40. The van der Waals surface area contributed by atoms with Crippen molar-refractivity contribution in [1.29, 1.82) is 0 Å². The monoisotopic (exact) mass is 214 g/mol. The van der Waals surface area contributed by atoms with Gasteiger partial charge in [0.15, 0.2) is 0 Å². The van der Waals surface area contributed by atoms with Crippen LogP contribution in [0.15, 0.2) is 30.3 Å². The zero-order valence-corrected chi connectivity index (χ0v) is 8.17. The molecular formula is C9H14N2O4. The molecular weight excluding hydrogens is 200 g/mol. The molecule has 0 bridgehead atoms. The summed E-state index contributed by atoms with van der Waals surface area (Å²) in [5, 5.41) is 25.3. The number of benzene rings is 1. The van der Waals surface area contributed by atoms with Gasteiger partial charge in [0.05, 0.1) is 0 Å². The Hall–Kier alpha value is -1.82. The van der Waals surface area contributed by atoms with Gasteiger partial charge in [-0.15, -0.1) is 10.1 Å². The number of anilines is 1. The molecule has 15 heavy (non-hydrogen) atoms. The first kappa shape index (κ1) is 13.2. The van der Waals surface area contributed by atoms with Crippen LogP contribution in [0.2, 0.25) is 0 Å². The number of rotatable bonds is 4. The molecule has 0 aliphatic heterocycles. The van der Waals surface area contributed by atoms with Crippen LogP contribution in [-0.4, -0.2) is 28.6 Å². The number of aliphatic hydroxyl groups is 1. The molecule has 0 aliphatic rings. The third-order valence-corrected chi connectivity index (χ3v) is 1.44. The lowest BCUT2D eigenvalue weighted by Gasteiger charge is -2.03. The lowest BCUT2D eigenvalue weighted by Crippen LogP contribution is -2.02. The van der Waals surface area contributed by atoms with E-state index < -0.39 is 5.09 Å². The quantitative estimate of drug-likeness (QED) is 0.396. The van der Waals surface area contributed by atoms with Crippen molar-refractivity contribution in [2.75, 3.05) is 18.5 Å². The summed E-state index contributed by atoms with van der Waals surface area (Å²) in [6.07, 6.45) is 0.800. The van der Waals surface area contributed by atoms with Gasteiger partial charge in [-0.05, 0) is 18.6 Å². The van der Waals surface area contributed by atoms with E-state index in [0.717, 1.165) is 18.7 Å². The fourth-order valence-electron chi connectivity index (χ4n) is 0.868. The molecule has 3 N–H and O–H groups in total. The van der Waals surface area contributed by atoms with Crippen molar-refractivity contribution >= 4 is 5.69 Å². The van der Waals surface area contributed by atoms with Gasteiger partial charge in [-0.1, -0.05) is 18.2 Å². The van der Waals surface area contributed by atoms with E-state index in [4.69, 9.17) is 20.4 Å². The predicted octanol–water partition coefficient (Wildman–Crippen LogP) is 1.13. The minimum atomic E-state index is -1.50. The minimum absolute atomic E-state index is 0.250. The first-order valence-corrected chi connectivity index (χ1v) is 4.40. The van der Waals surface area contributed by atoms with E-state index in [1.165, 1.54) is 0 Å². The van der Waals surface area contributed by atoms with Crippen molar-refractivity contribution in [3.63, 3.8) is 0 Å². The van der Waals surface area contributed by atoms with Gasteiger partial charge in [0.25, 0.3) is 5.09 Å². The van der Waals surface area contributed by atoms with Gasteiger partial charge in [-0.25, -0.2) is 0 Å². The minimum Gasteiger partial charge on any atom is -0.396 e. The summed E-state index contributed by atoms with van der Waals surface area (Å²) >= 11 is 0. The molecule has 0 unspecified atom stereocenters. The van der Waals surface area contributed by atoms with E-state index in [9.17, 15) is 0 Å². The van der Waals surface area contributed by atoms with Gasteiger partial charge in [0, 0.05) is 18.8 Å². The molecule has 0 saturated carbocycles. The Morgan fingerprint density at radius 1 is 1.33 bits per heavy atom. The highest BCUT2D eigenvalue weighted by Crippen LogP contribution is 2.03. The molecule has 1 aromatic carbocycles. The van der Waals surface area contributed by atoms with E-state index in [1.807, 2.05) is 30.3 Å². The van der Waals surface area contributed by atoms with Crippen molar-refractivity contribution in [3.8, 4) is 0 Å². The molecule has 1 rings (SSSR count). The molecule has 0 atom stereocenters.